The number of hydrogen-bond donors (Lipinski definition) is 1. The molecule has 0 aromatic heterocycles. The molecule has 8 heteroatoms. The topological polar surface area (TPSA) is 108 Å². The van der Waals surface area contributed by atoms with E-state index in [1.54, 1.807) is 0 Å². The predicted octanol–water partition coefficient (Wildman–Crippen LogP) is 3.02. The van der Waals surface area contributed by atoms with Gasteiger partial charge in [-0.3, -0.25) is 0 Å². The van der Waals surface area contributed by atoms with E-state index in [0.717, 1.165) is 30.7 Å². The maximum absolute atomic E-state index is 10.6. The summed E-state index contributed by atoms with van der Waals surface area (Å²) < 4.78 is 19.0. The number of para-hydroxylation sites is 1. The number of unbranched alkanes of at least 4 members (excludes halogenated alkanes) is 1. The lowest BCUT2D eigenvalue weighted by Crippen LogP contribution is -2.09. The molecular formula is C23H32O8. The second-order valence-corrected chi connectivity index (χ2v) is 5.35. The molecule has 172 valence electrons. The minimum atomic E-state index is -0.501. The van der Waals surface area contributed by atoms with E-state index in [9.17, 15) is 14.4 Å². The Balaban J connectivity index is 0. The molecule has 0 heterocycles. The monoisotopic (exact) mass is 436 g/mol. The first-order chi connectivity index (χ1) is 14.9. The average Bonchev–Trinajstić information content (AvgIpc) is 2.81. The van der Waals surface area contributed by atoms with Gasteiger partial charge < -0.3 is 24.1 Å². The number of hydrogen-bond acceptors (Lipinski definition) is 8. The van der Waals surface area contributed by atoms with Crippen molar-refractivity contribution in [2.45, 2.75) is 19.8 Å². The molecule has 1 N–H and O–H groups in total. The Bertz CT molecular complexity index is 640. The predicted molar refractivity (Wildman–Crippen MR) is 117 cm³/mol. The summed E-state index contributed by atoms with van der Waals surface area (Å²) in [4.78, 5) is 31.1. The van der Waals surface area contributed by atoms with Crippen LogP contribution in [0.25, 0.3) is 0 Å². The highest BCUT2D eigenvalue weighted by molar-refractivity contribution is 5.81. The molecule has 0 spiro atoms. The fraction of sp³-hybridized carbons (Fsp3) is 0.348. The third kappa shape index (κ3) is 22.8. The normalized spacial score (nSPS) is 8.71. The molecule has 1 rings (SSSR count). The van der Waals surface area contributed by atoms with Crippen molar-refractivity contribution in [3.63, 3.8) is 0 Å². The number of benzene rings is 1. The van der Waals surface area contributed by atoms with E-state index >= 15 is 0 Å². The van der Waals surface area contributed by atoms with E-state index in [1.807, 2.05) is 37.3 Å². The zero-order valence-corrected chi connectivity index (χ0v) is 18.0. The third-order valence-electron chi connectivity index (χ3n) is 2.92. The van der Waals surface area contributed by atoms with Crippen LogP contribution in [0.2, 0.25) is 0 Å². The van der Waals surface area contributed by atoms with Crippen LogP contribution in [0, 0.1) is 0 Å². The Labute approximate surface area is 183 Å². The van der Waals surface area contributed by atoms with Crippen molar-refractivity contribution >= 4 is 17.9 Å². The number of carbonyl (C=O) groups is 3. The molecular weight excluding hydrogens is 404 g/mol. The van der Waals surface area contributed by atoms with Gasteiger partial charge in [-0.25, -0.2) is 14.4 Å². The van der Waals surface area contributed by atoms with Gasteiger partial charge in [0.05, 0.1) is 13.2 Å². The van der Waals surface area contributed by atoms with Gasteiger partial charge in [0, 0.05) is 18.2 Å². The number of aliphatic hydroxyl groups excluding tert-OH is 1. The van der Waals surface area contributed by atoms with Gasteiger partial charge in [0.2, 0.25) is 0 Å². The fourth-order valence-corrected chi connectivity index (χ4v) is 1.46. The molecule has 1 aromatic rings. The SMILES string of the molecule is C=CC(=O)OCCCC.C=CC(=O)OCCO.C=CC(=O)OCCOc1ccccc1. The molecule has 0 radical (unpaired) electrons. The van der Waals surface area contributed by atoms with Gasteiger partial charge in [0.1, 0.15) is 25.6 Å². The minimum Gasteiger partial charge on any atom is -0.490 e. The van der Waals surface area contributed by atoms with Crippen LogP contribution < -0.4 is 4.74 Å². The van der Waals surface area contributed by atoms with Gasteiger partial charge in [0.15, 0.2) is 0 Å². The highest BCUT2D eigenvalue weighted by Gasteiger charge is 1.95. The van der Waals surface area contributed by atoms with Gasteiger partial charge >= 0.3 is 17.9 Å². The summed E-state index contributed by atoms with van der Waals surface area (Å²) in [7, 11) is 0. The number of esters is 3. The van der Waals surface area contributed by atoms with E-state index in [2.05, 4.69) is 29.2 Å². The minimum absolute atomic E-state index is 0.0465. The first kappa shape index (κ1) is 29.8. The fourth-order valence-electron chi connectivity index (χ4n) is 1.46. The van der Waals surface area contributed by atoms with E-state index in [4.69, 9.17) is 14.6 Å². The van der Waals surface area contributed by atoms with Crippen LogP contribution in [0.15, 0.2) is 68.3 Å². The quantitative estimate of drug-likeness (QED) is 0.231. The van der Waals surface area contributed by atoms with Crippen LogP contribution in [-0.2, 0) is 28.6 Å². The number of aliphatic hydroxyl groups is 1. The molecule has 0 aliphatic rings. The van der Waals surface area contributed by atoms with E-state index in [1.165, 1.54) is 6.08 Å². The second-order valence-electron chi connectivity index (χ2n) is 5.35. The first-order valence-corrected chi connectivity index (χ1v) is 9.61. The molecule has 0 unspecified atom stereocenters. The van der Waals surface area contributed by atoms with Crippen molar-refractivity contribution in [2.75, 3.05) is 33.0 Å². The zero-order valence-electron chi connectivity index (χ0n) is 18.0. The Hall–Kier alpha value is -3.39. The van der Waals surface area contributed by atoms with Crippen molar-refractivity contribution in [1.82, 2.24) is 0 Å². The summed E-state index contributed by atoms with van der Waals surface area (Å²) in [5.41, 5.74) is 0. The molecule has 0 saturated carbocycles. The Kier molecular flexibility index (Phi) is 22.0. The van der Waals surface area contributed by atoms with Crippen molar-refractivity contribution in [3.8, 4) is 5.75 Å². The maximum atomic E-state index is 10.6. The molecule has 1 aromatic carbocycles. The Morgan fingerprint density at radius 2 is 1.29 bits per heavy atom. The molecule has 0 aliphatic carbocycles. The van der Waals surface area contributed by atoms with Crippen LogP contribution in [0.1, 0.15) is 19.8 Å². The molecule has 0 atom stereocenters. The number of rotatable bonds is 12. The average molecular weight is 437 g/mol. The van der Waals surface area contributed by atoms with Crippen molar-refractivity contribution < 1.29 is 38.4 Å². The van der Waals surface area contributed by atoms with Crippen LogP contribution in [0.5, 0.6) is 5.75 Å². The summed E-state index contributed by atoms with van der Waals surface area (Å²) >= 11 is 0. The van der Waals surface area contributed by atoms with Gasteiger partial charge in [-0.05, 0) is 18.6 Å². The molecule has 0 fully saturated rings. The summed E-state index contributed by atoms with van der Waals surface area (Å²) in [6, 6.07) is 9.35. The third-order valence-corrected chi connectivity index (χ3v) is 2.92. The van der Waals surface area contributed by atoms with Crippen LogP contribution in [-0.4, -0.2) is 56.0 Å². The molecule has 8 nitrogen and oxygen atoms in total. The van der Waals surface area contributed by atoms with Crippen LogP contribution in [0.4, 0.5) is 0 Å². The molecule has 0 amide bonds. The lowest BCUT2D eigenvalue weighted by molar-refractivity contribution is -0.139. The molecule has 0 saturated heterocycles. The summed E-state index contributed by atoms with van der Waals surface area (Å²) in [6.45, 7) is 12.8. The van der Waals surface area contributed by atoms with Gasteiger partial charge in [-0.1, -0.05) is 51.3 Å². The largest absolute Gasteiger partial charge is 0.490 e. The first-order valence-electron chi connectivity index (χ1n) is 9.61. The second kappa shape index (κ2) is 22.9. The molecule has 0 bridgehead atoms. The van der Waals surface area contributed by atoms with E-state index in [0.29, 0.717) is 13.2 Å². The highest BCUT2D eigenvalue weighted by Crippen LogP contribution is 2.07. The Morgan fingerprint density at radius 3 is 1.74 bits per heavy atom. The lowest BCUT2D eigenvalue weighted by atomic mass is 10.3. The lowest BCUT2D eigenvalue weighted by Gasteiger charge is -2.05. The molecule has 31 heavy (non-hydrogen) atoms. The summed E-state index contributed by atoms with van der Waals surface area (Å²) in [6.07, 6.45) is 5.33. The maximum Gasteiger partial charge on any atom is 0.330 e. The zero-order chi connectivity index (χ0) is 23.7. The van der Waals surface area contributed by atoms with Crippen LogP contribution in [0.3, 0.4) is 0 Å². The van der Waals surface area contributed by atoms with Gasteiger partial charge in [-0.2, -0.15) is 0 Å². The summed E-state index contributed by atoms with van der Waals surface area (Å²) in [5, 5.41) is 8.10. The van der Waals surface area contributed by atoms with E-state index < -0.39 is 11.9 Å². The Morgan fingerprint density at radius 1 is 0.806 bits per heavy atom. The highest BCUT2D eigenvalue weighted by atomic mass is 16.6. The van der Waals surface area contributed by atoms with Crippen molar-refractivity contribution in [1.29, 1.82) is 0 Å². The summed E-state index contributed by atoms with van der Waals surface area (Å²) in [5.74, 6) is -0.494. The van der Waals surface area contributed by atoms with Crippen molar-refractivity contribution in [3.05, 3.63) is 68.3 Å². The van der Waals surface area contributed by atoms with Gasteiger partial charge in [0.25, 0.3) is 0 Å². The van der Waals surface area contributed by atoms with Gasteiger partial charge in [-0.15, -0.1) is 0 Å². The standard InChI is InChI=1S/C11H12O3.C7H12O2.C5H8O3/c1-2-11(12)14-9-8-13-10-6-4-3-5-7-10;1-3-5-6-9-7(8)4-2;1-2-5(7)8-4-3-6/h2-7H,1,8-9H2;4H,2-3,5-6H2,1H3;2,6H,1,3-4H2. The smallest absolute Gasteiger partial charge is 0.330 e. The van der Waals surface area contributed by atoms with E-state index in [-0.39, 0.29) is 25.8 Å². The molecule has 0 aliphatic heterocycles. The number of ether oxygens (including phenoxy) is 4. The van der Waals surface area contributed by atoms with Crippen LogP contribution >= 0.6 is 0 Å². The number of carbonyl (C=O) groups excluding carboxylic acids is 3. The van der Waals surface area contributed by atoms with Crippen molar-refractivity contribution in [2.24, 2.45) is 0 Å².